The topological polar surface area (TPSA) is 109 Å². The molecule has 3 N–H and O–H groups in total. The van der Waals surface area contributed by atoms with Gasteiger partial charge in [-0.15, -0.1) is 0 Å². The number of nitrogens with zero attached hydrogens (tertiary/aromatic N) is 2. The highest BCUT2D eigenvalue weighted by Crippen LogP contribution is 2.17. The number of aryl methyl sites for hydroxylation is 1. The molecule has 32 heavy (non-hydrogen) atoms. The van der Waals surface area contributed by atoms with Gasteiger partial charge < -0.3 is 20.2 Å². The van der Waals surface area contributed by atoms with E-state index in [1.807, 2.05) is 6.92 Å². The van der Waals surface area contributed by atoms with Gasteiger partial charge in [0.2, 0.25) is 5.91 Å². The van der Waals surface area contributed by atoms with Crippen molar-refractivity contribution < 1.29 is 14.0 Å². The molecule has 8 nitrogen and oxygen atoms in total. The molecule has 4 rings (SSSR count). The summed E-state index contributed by atoms with van der Waals surface area (Å²) in [6.07, 6.45) is 1.34. The van der Waals surface area contributed by atoms with E-state index >= 15 is 0 Å². The number of anilines is 1. The minimum absolute atomic E-state index is 0.198. The zero-order valence-corrected chi connectivity index (χ0v) is 17.2. The summed E-state index contributed by atoms with van der Waals surface area (Å²) < 4.78 is 14.1. The van der Waals surface area contributed by atoms with Gasteiger partial charge in [-0.2, -0.15) is 0 Å². The first kappa shape index (κ1) is 21.0. The second-order valence-corrected chi connectivity index (χ2v) is 7.30. The maximum atomic E-state index is 13.0. The van der Waals surface area contributed by atoms with Crippen LogP contribution in [0.25, 0.3) is 11.0 Å². The van der Waals surface area contributed by atoms with Crippen LogP contribution < -0.4 is 16.2 Å². The Morgan fingerprint density at radius 3 is 2.66 bits per heavy atom. The van der Waals surface area contributed by atoms with Crippen molar-refractivity contribution in [2.75, 3.05) is 5.32 Å². The molecule has 0 fully saturated rings. The number of benzene rings is 2. The highest BCUT2D eigenvalue weighted by Gasteiger charge is 2.11. The molecule has 0 saturated carbocycles. The molecule has 0 aliphatic heterocycles. The molecular formula is C23H20FN5O3. The van der Waals surface area contributed by atoms with E-state index in [1.54, 1.807) is 30.3 Å². The number of halogens is 1. The summed E-state index contributed by atoms with van der Waals surface area (Å²) in [4.78, 5) is 44.5. The molecule has 0 atom stereocenters. The molecule has 0 radical (unpaired) electrons. The van der Waals surface area contributed by atoms with Gasteiger partial charge in [0.1, 0.15) is 18.2 Å². The van der Waals surface area contributed by atoms with Gasteiger partial charge >= 0.3 is 0 Å². The second-order valence-electron chi connectivity index (χ2n) is 7.30. The summed E-state index contributed by atoms with van der Waals surface area (Å²) in [5.41, 5.74) is 2.71. The second kappa shape index (κ2) is 8.84. The smallest absolute Gasteiger partial charge is 0.257 e. The van der Waals surface area contributed by atoms with Crippen molar-refractivity contribution in [1.82, 2.24) is 19.9 Å². The highest BCUT2D eigenvalue weighted by molar-refractivity contribution is 6.04. The lowest BCUT2D eigenvalue weighted by Gasteiger charge is -2.10. The molecule has 0 unspecified atom stereocenters. The lowest BCUT2D eigenvalue weighted by atomic mass is 10.2. The first-order chi connectivity index (χ1) is 15.4. The fourth-order valence-corrected chi connectivity index (χ4v) is 3.22. The Bertz CT molecular complexity index is 1360. The Labute approximate surface area is 182 Å². The van der Waals surface area contributed by atoms with Crippen LogP contribution >= 0.6 is 0 Å². The Balaban J connectivity index is 1.42. The van der Waals surface area contributed by atoms with E-state index in [-0.39, 0.29) is 24.5 Å². The van der Waals surface area contributed by atoms with Gasteiger partial charge in [0, 0.05) is 24.5 Å². The van der Waals surface area contributed by atoms with Crippen LogP contribution in [0.2, 0.25) is 0 Å². The van der Waals surface area contributed by atoms with Crippen LogP contribution in [0.5, 0.6) is 0 Å². The summed E-state index contributed by atoms with van der Waals surface area (Å²) >= 11 is 0. The lowest BCUT2D eigenvalue weighted by molar-refractivity contribution is -0.121. The Morgan fingerprint density at radius 1 is 1.09 bits per heavy atom. The van der Waals surface area contributed by atoms with E-state index in [2.05, 4.69) is 20.6 Å². The highest BCUT2D eigenvalue weighted by atomic mass is 19.1. The van der Waals surface area contributed by atoms with Crippen LogP contribution in [0.4, 0.5) is 10.1 Å². The van der Waals surface area contributed by atoms with Crippen LogP contribution in [0.15, 0.2) is 65.6 Å². The van der Waals surface area contributed by atoms with Crippen molar-refractivity contribution in [3.8, 4) is 0 Å². The number of nitrogens with one attached hydrogen (secondary N) is 3. The summed E-state index contributed by atoms with van der Waals surface area (Å²) in [5.74, 6) is -0.412. The quantitative estimate of drug-likeness (QED) is 0.434. The summed E-state index contributed by atoms with van der Waals surface area (Å²) in [6, 6.07) is 13.7. The monoisotopic (exact) mass is 433 g/mol. The predicted molar refractivity (Wildman–Crippen MR) is 118 cm³/mol. The third kappa shape index (κ3) is 4.89. The van der Waals surface area contributed by atoms with E-state index < -0.39 is 17.4 Å². The number of aromatic nitrogens is 3. The fraction of sp³-hybridized carbons (Fsp3) is 0.130. The van der Waals surface area contributed by atoms with Crippen LogP contribution in [0.1, 0.15) is 21.7 Å². The number of hydrogen-bond acceptors (Lipinski definition) is 4. The van der Waals surface area contributed by atoms with E-state index in [0.29, 0.717) is 5.69 Å². The number of carbonyl (C=O) groups is 2. The summed E-state index contributed by atoms with van der Waals surface area (Å²) in [7, 11) is 0. The maximum absolute atomic E-state index is 13.0. The van der Waals surface area contributed by atoms with Gasteiger partial charge in [-0.3, -0.25) is 14.4 Å². The fourth-order valence-electron chi connectivity index (χ4n) is 3.22. The molecule has 0 aliphatic rings. The third-order valence-electron chi connectivity index (χ3n) is 4.82. The molecule has 2 aromatic heterocycles. The first-order valence-corrected chi connectivity index (χ1v) is 9.87. The molecule has 2 heterocycles. The normalized spacial score (nSPS) is 10.8. The molecule has 2 aromatic carbocycles. The molecule has 0 spiro atoms. The van der Waals surface area contributed by atoms with Crippen molar-refractivity contribution in [3.63, 3.8) is 0 Å². The van der Waals surface area contributed by atoms with Crippen LogP contribution in [-0.2, 0) is 17.9 Å². The van der Waals surface area contributed by atoms with Gasteiger partial charge in [0.05, 0.1) is 16.6 Å². The van der Waals surface area contributed by atoms with Crippen molar-refractivity contribution in [3.05, 3.63) is 93.9 Å². The van der Waals surface area contributed by atoms with E-state index in [4.69, 9.17) is 0 Å². The van der Waals surface area contributed by atoms with E-state index in [1.165, 1.54) is 30.5 Å². The van der Waals surface area contributed by atoms with Crippen molar-refractivity contribution in [1.29, 1.82) is 0 Å². The predicted octanol–water partition coefficient (Wildman–Crippen LogP) is 2.74. The molecule has 2 amide bonds. The summed E-state index contributed by atoms with van der Waals surface area (Å²) in [6.45, 7) is 1.79. The van der Waals surface area contributed by atoms with Crippen molar-refractivity contribution in [2.24, 2.45) is 0 Å². The maximum Gasteiger partial charge on any atom is 0.257 e. The number of fused-ring (bicyclic) bond motifs is 1. The van der Waals surface area contributed by atoms with E-state index in [9.17, 15) is 18.8 Å². The van der Waals surface area contributed by atoms with Gasteiger partial charge in [-0.25, -0.2) is 9.37 Å². The Kier molecular flexibility index (Phi) is 5.80. The Hall–Kier alpha value is -4.27. The third-order valence-corrected chi connectivity index (χ3v) is 4.82. The average Bonchev–Trinajstić information content (AvgIpc) is 3.14. The molecule has 162 valence electrons. The average molecular weight is 433 g/mol. The van der Waals surface area contributed by atoms with E-state index in [0.717, 1.165) is 27.0 Å². The number of amides is 2. The van der Waals surface area contributed by atoms with Gasteiger partial charge in [0.25, 0.3) is 11.5 Å². The molecule has 9 heteroatoms. The van der Waals surface area contributed by atoms with Crippen LogP contribution in [0, 0.1) is 12.7 Å². The molecule has 0 aliphatic carbocycles. The molecule has 4 aromatic rings. The number of carbonyl (C=O) groups excluding carboxylic acids is 2. The molecule has 0 saturated heterocycles. The number of imidazole rings is 1. The number of H-pyrrole nitrogens is 1. The molecule has 0 bridgehead atoms. The SMILES string of the molecule is Cc1nc2ccc(NC(=O)c3ccc(=O)n(CC(=O)NCc4ccc(F)cc4)c3)cc2[nH]1. The zero-order chi connectivity index (χ0) is 22.7. The van der Waals surface area contributed by atoms with Gasteiger partial charge in [-0.05, 0) is 48.9 Å². The lowest BCUT2D eigenvalue weighted by Crippen LogP contribution is -2.32. The Morgan fingerprint density at radius 2 is 1.88 bits per heavy atom. The minimum Gasteiger partial charge on any atom is -0.350 e. The minimum atomic E-state index is -0.416. The number of aromatic amines is 1. The zero-order valence-electron chi connectivity index (χ0n) is 17.2. The van der Waals surface area contributed by atoms with Crippen molar-refractivity contribution >= 4 is 28.5 Å². The van der Waals surface area contributed by atoms with Crippen LogP contribution in [0.3, 0.4) is 0 Å². The van der Waals surface area contributed by atoms with Crippen molar-refractivity contribution in [2.45, 2.75) is 20.0 Å². The number of hydrogen-bond donors (Lipinski definition) is 3. The number of pyridine rings is 1. The largest absolute Gasteiger partial charge is 0.350 e. The summed E-state index contributed by atoms with van der Waals surface area (Å²) in [5, 5.41) is 5.45. The molecular weight excluding hydrogens is 413 g/mol. The van der Waals surface area contributed by atoms with Gasteiger partial charge in [0.15, 0.2) is 0 Å². The van der Waals surface area contributed by atoms with Crippen LogP contribution in [-0.4, -0.2) is 26.3 Å². The standard InChI is InChI=1S/C23H20FN5O3/c1-14-26-19-8-7-18(10-20(19)27-14)28-23(32)16-4-9-22(31)29(12-16)13-21(30)25-11-15-2-5-17(24)6-3-15/h2-10,12H,11,13H2,1H3,(H,25,30)(H,26,27)(H,28,32). The number of rotatable bonds is 6. The first-order valence-electron chi connectivity index (χ1n) is 9.87. The van der Waals surface area contributed by atoms with Gasteiger partial charge in [-0.1, -0.05) is 12.1 Å².